The lowest BCUT2D eigenvalue weighted by molar-refractivity contribution is -0.147. The Morgan fingerprint density at radius 1 is 1.03 bits per heavy atom. The van der Waals surface area contributed by atoms with Crippen molar-refractivity contribution in [3.05, 3.63) is 58.7 Å². The van der Waals surface area contributed by atoms with Gasteiger partial charge in [0.25, 0.3) is 0 Å². The smallest absolute Gasteiger partial charge is 0.324 e. The van der Waals surface area contributed by atoms with E-state index in [9.17, 15) is 29.4 Å². The number of ketones is 1. The van der Waals surface area contributed by atoms with Gasteiger partial charge < -0.3 is 10.2 Å². The summed E-state index contributed by atoms with van der Waals surface area (Å²) in [6, 6.07) is 8.78. The number of aliphatic carboxylic acids is 1. The minimum absolute atomic E-state index is 0.130. The number of carbonyl (C=O) groups excluding carboxylic acids is 3. The molecule has 0 spiro atoms. The lowest BCUT2D eigenvalue weighted by Gasteiger charge is -2.27. The molecule has 0 bridgehead atoms. The van der Waals surface area contributed by atoms with Gasteiger partial charge in [-0.1, -0.05) is 12.1 Å². The van der Waals surface area contributed by atoms with E-state index in [-0.39, 0.29) is 11.5 Å². The second-order valence-electron chi connectivity index (χ2n) is 8.75. The molecule has 8 heteroatoms. The van der Waals surface area contributed by atoms with Gasteiger partial charge in [0.15, 0.2) is 5.78 Å². The van der Waals surface area contributed by atoms with Crippen LogP contribution in [0.25, 0.3) is 0 Å². The van der Waals surface area contributed by atoms with E-state index in [0.717, 1.165) is 4.90 Å². The maximum absolute atomic E-state index is 13.5. The minimum atomic E-state index is -1.66. The number of nitrogens with zero attached hydrogens (tertiary/aromatic N) is 1. The van der Waals surface area contributed by atoms with Crippen molar-refractivity contribution in [3.63, 3.8) is 0 Å². The molecule has 2 aromatic carbocycles. The number of aromatic hydroxyl groups is 1. The van der Waals surface area contributed by atoms with E-state index in [1.807, 2.05) is 0 Å². The normalized spacial score (nSPS) is 27.0. The Bertz CT molecular complexity index is 1150. The molecule has 32 heavy (non-hydrogen) atoms. The Morgan fingerprint density at radius 3 is 2.09 bits per heavy atom. The number of fused-ring (bicyclic) bond motifs is 1. The van der Waals surface area contributed by atoms with Crippen LogP contribution in [-0.2, 0) is 14.4 Å². The fourth-order valence-corrected chi connectivity index (χ4v) is 4.89. The number of amides is 2. The van der Waals surface area contributed by atoms with Crippen molar-refractivity contribution in [2.75, 3.05) is 4.90 Å². The van der Waals surface area contributed by atoms with E-state index in [2.05, 4.69) is 5.32 Å². The van der Waals surface area contributed by atoms with Crippen molar-refractivity contribution in [1.29, 1.82) is 0 Å². The van der Waals surface area contributed by atoms with Crippen molar-refractivity contribution in [1.82, 2.24) is 5.32 Å². The Kier molecular flexibility index (Phi) is 4.93. The van der Waals surface area contributed by atoms with Crippen LogP contribution in [0, 0.1) is 25.7 Å². The standard InChI is InChI=1S/C24H24N2O6/c1-11-9-15(10-12(2)20(11)28)19-17-18(24(4,25-19)23(31)32)22(30)26(21(17)29)16-7-5-14(6-8-16)13(3)27/h5-10,17-19,25,28H,1-4H3,(H,31,32). The van der Waals surface area contributed by atoms with Crippen molar-refractivity contribution >= 4 is 29.3 Å². The van der Waals surface area contributed by atoms with Crippen LogP contribution >= 0.6 is 0 Å². The van der Waals surface area contributed by atoms with Crippen LogP contribution in [0.4, 0.5) is 5.69 Å². The monoisotopic (exact) mass is 436 g/mol. The third-order valence-corrected chi connectivity index (χ3v) is 6.64. The summed E-state index contributed by atoms with van der Waals surface area (Å²) in [5.74, 6) is -4.38. The molecule has 0 aromatic heterocycles. The third kappa shape index (κ3) is 3.02. The molecule has 0 saturated carbocycles. The van der Waals surface area contributed by atoms with E-state index in [1.165, 1.54) is 38.1 Å². The first kappa shape index (κ1) is 21.7. The largest absolute Gasteiger partial charge is 0.507 e. The fourth-order valence-electron chi connectivity index (χ4n) is 4.89. The van der Waals surface area contributed by atoms with Crippen LogP contribution in [-0.4, -0.2) is 39.3 Å². The molecule has 8 nitrogen and oxygen atoms in total. The number of imide groups is 1. The maximum Gasteiger partial charge on any atom is 0.324 e. The summed E-state index contributed by atoms with van der Waals surface area (Å²) >= 11 is 0. The molecular weight excluding hydrogens is 412 g/mol. The number of phenolic OH excluding ortho intramolecular Hbond substituents is 1. The van der Waals surface area contributed by atoms with Crippen molar-refractivity contribution in [2.24, 2.45) is 11.8 Å². The van der Waals surface area contributed by atoms with Gasteiger partial charge in [0, 0.05) is 11.6 Å². The Morgan fingerprint density at radius 2 is 1.59 bits per heavy atom. The van der Waals surface area contributed by atoms with Gasteiger partial charge in [-0.15, -0.1) is 0 Å². The zero-order chi connectivity index (χ0) is 23.5. The van der Waals surface area contributed by atoms with Gasteiger partial charge >= 0.3 is 5.97 Å². The maximum atomic E-state index is 13.5. The SMILES string of the molecule is CC(=O)c1ccc(N2C(=O)C3C(c4cc(C)c(O)c(C)c4)NC(C)(C(=O)O)C3C2=O)cc1. The lowest BCUT2D eigenvalue weighted by atomic mass is 9.80. The molecule has 166 valence electrons. The van der Waals surface area contributed by atoms with Crippen molar-refractivity contribution in [3.8, 4) is 5.75 Å². The molecule has 2 aromatic rings. The predicted molar refractivity (Wildman–Crippen MR) is 115 cm³/mol. The number of hydrogen-bond donors (Lipinski definition) is 3. The van der Waals surface area contributed by atoms with E-state index < -0.39 is 41.2 Å². The van der Waals surface area contributed by atoms with Gasteiger partial charge in [0.05, 0.1) is 17.5 Å². The summed E-state index contributed by atoms with van der Waals surface area (Å²) in [5, 5.41) is 23.1. The molecule has 2 fully saturated rings. The number of Topliss-reactive ketones (excluding diaryl/α,β-unsaturated/α-hetero) is 1. The zero-order valence-corrected chi connectivity index (χ0v) is 18.2. The summed E-state index contributed by atoms with van der Waals surface area (Å²) in [4.78, 5) is 51.7. The average Bonchev–Trinajstić information content (AvgIpc) is 3.20. The second-order valence-corrected chi connectivity index (χ2v) is 8.75. The van der Waals surface area contributed by atoms with Gasteiger partial charge in [-0.3, -0.25) is 24.5 Å². The van der Waals surface area contributed by atoms with Gasteiger partial charge in [0.1, 0.15) is 11.3 Å². The fraction of sp³-hybridized carbons (Fsp3) is 0.333. The number of anilines is 1. The van der Waals surface area contributed by atoms with E-state index in [1.54, 1.807) is 26.0 Å². The molecule has 2 heterocycles. The number of nitrogens with one attached hydrogen (secondary N) is 1. The van der Waals surface area contributed by atoms with Crippen LogP contribution in [0.5, 0.6) is 5.75 Å². The zero-order valence-electron chi connectivity index (χ0n) is 18.2. The molecule has 2 aliphatic heterocycles. The Labute approximate surface area is 184 Å². The van der Waals surface area contributed by atoms with E-state index >= 15 is 0 Å². The topological polar surface area (TPSA) is 124 Å². The second kappa shape index (κ2) is 7.27. The highest BCUT2D eigenvalue weighted by Crippen LogP contribution is 2.50. The molecule has 2 amide bonds. The van der Waals surface area contributed by atoms with E-state index in [0.29, 0.717) is 27.9 Å². The molecule has 4 atom stereocenters. The van der Waals surface area contributed by atoms with Crippen LogP contribution in [0.1, 0.15) is 46.9 Å². The summed E-state index contributed by atoms with van der Waals surface area (Å²) in [6.45, 7) is 6.28. The van der Waals surface area contributed by atoms with Gasteiger partial charge in [-0.25, -0.2) is 4.90 Å². The molecule has 4 rings (SSSR count). The third-order valence-electron chi connectivity index (χ3n) is 6.64. The van der Waals surface area contributed by atoms with Crippen LogP contribution < -0.4 is 10.2 Å². The average molecular weight is 436 g/mol. The molecule has 3 N–H and O–H groups in total. The number of carboxylic acid groups (broad SMARTS) is 1. The molecule has 4 unspecified atom stereocenters. The predicted octanol–water partition coefficient (Wildman–Crippen LogP) is 2.51. The molecular formula is C24H24N2O6. The van der Waals surface area contributed by atoms with Crippen molar-refractivity contribution < 1.29 is 29.4 Å². The highest BCUT2D eigenvalue weighted by Gasteiger charge is 2.66. The quantitative estimate of drug-likeness (QED) is 0.497. The molecule has 2 aliphatic rings. The first-order valence-corrected chi connectivity index (χ1v) is 10.3. The van der Waals surface area contributed by atoms with Crippen molar-refractivity contribution in [2.45, 2.75) is 39.3 Å². The number of benzene rings is 2. The minimum Gasteiger partial charge on any atom is -0.507 e. The first-order valence-electron chi connectivity index (χ1n) is 10.3. The number of rotatable bonds is 4. The molecule has 0 aliphatic carbocycles. The van der Waals surface area contributed by atoms with Gasteiger partial charge in [-0.05, 0) is 68.7 Å². The highest BCUT2D eigenvalue weighted by atomic mass is 16.4. The first-order chi connectivity index (χ1) is 15.0. The highest BCUT2D eigenvalue weighted by molar-refractivity contribution is 6.24. The molecule has 0 radical (unpaired) electrons. The Balaban J connectivity index is 1.81. The number of hydrogen-bond acceptors (Lipinski definition) is 6. The summed E-state index contributed by atoms with van der Waals surface area (Å²) in [5.41, 5.74) is 0.900. The van der Waals surface area contributed by atoms with Crippen LogP contribution in [0.3, 0.4) is 0 Å². The van der Waals surface area contributed by atoms with Crippen LogP contribution in [0.15, 0.2) is 36.4 Å². The number of carboxylic acids is 1. The summed E-state index contributed by atoms with van der Waals surface area (Å²) in [6.07, 6.45) is 0. The van der Waals surface area contributed by atoms with Crippen LogP contribution in [0.2, 0.25) is 0 Å². The summed E-state index contributed by atoms with van der Waals surface area (Å²) < 4.78 is 0. The lowest BCUT2D eigenvalue weighted by Crippen LogP contribution is -2.53. The number of phenols is 1. The summed E-state index contributed by atoms with van der Waals surface area (Å²) in [7, 11) is 0. The van der Waals surface area contributed by atoms with Gasteiger partial charge in [0.2, 0.25) is 11.8 Å². The Hall–Kier alpha value is -3.52. The van der Waals surface area contributed by atoms with E-state index in [4.69, 9.17) is 0 Å². The number of carbonyl (C=O) groups is 4. The molecule has 2 saturated heterocycles. The van der Waals surface area contributed by atoms with Gasteiger partial charge in [-0.2, -0.15) is 0 Å². The number of aryl methyl sites for hydroxylation is 2.